The summed E-state index contributed by atoms with van der Waals surface area (Å²) in [4.78, 5) is 34.4. The van der Waals surface area contributed by atoms with E-state index < -0.39 is 23.4 Å². The van der Waals surface area contributed by atoms with Crippen LogP contribution in [0.1, 0.15) is 47.6 Å². The number of benzene rings is 2. The maximum atomic E-state index is 13.3. The molecule has 1 aromatic heterocycles. The fourth-order valence-electron chi connectivity index (χ4n) is 7.19. The number of nitrogens with zero attached hydrogens (tertiary/aromatic N) is 4. The first-order valence-electron chi connectivity index (χ1n) is 18.6. The average molecular weight is 771 g/mol. The van der Waals surface area contributed by atoms with E-state index in [1.165, 1.54) is 23.9 Å². The average Bonchev–Trinajstić information content (AvgIpc) is 3.16. The van der Waals surface area contributed by atoms with Gasteiger partial charge in [0.25, 0.3) is 5.91 Å². The summed E-state index contributed by atoms with van der Waals surface area (Å²) in [6.07, 6.45) is -1.68. The Balaban J connectivity index is 0.857. The number of amides is 2. The van der Waals surface area contributed by atoms with Crippen LogP contribution in [-0.2, 0) is 38.2 Å². The maximum absolute atomic E-state index is 13.3. The van der Waals surface area contributed by atoms with Gasteiger partial charge < -0.3 is 44.9 Å². The number of phenols is 1. The molecule has 0 saturated carbocycles. The van der Waals surface area contributed by atoms with Crippen LogP contribution in [0.2, 0.25) is 0 Å². The summed E-state index contributed by atoms with van der Waals surface area (Å²) in [7, 11) is 1.71. The lowest BCUT2D eigenvalue weighted by Crippen LogP contribution is -2.57. The number of pyridine rings is 1. The predicted octanol–water partition coefficient (Wildman–Crippen LogP) is 3.74. The van der Waals surface area contributed by atoms with Gasteiger partial charge >= 0.3 is 6.18 Å². The zero-order valence-electron chi connectivity index (χ0n) is 30.9. The fourth-order valence-corrected chi connectivity index (χ4v) is 7.19. The number of aliphatic hydroxyl groups is 1. The van der Waals surface area contributed by atoms with Crippen molar-refractivity contribution in [1.29, 1.82) is 0 Å². The minimum Gasteiger partial charge on any atom is -0.508 e. The highest BCUT2D eigenvalue weighted by Gasteiger charge is 2.40. The lowest BCUT2D eigenvalue weighted by molar-refractivity contribution is -0.137. The molecule has 3 aliphatic heterocycles. The van der Waals surface area contributed by atoms with Crippen molar-refractivity contribution < 1.29 is 47.2 Å². The van der Waals surface area contributed by atoms with Gasteiger partial charge in [-0.2, -0.15) is 13.2 Å². The molecular weight excluding hydrogens is 721 g/mol. The van der Waals surface area contributed by atoms with Gasteiger partial charge in [-0.3, -0.25) is 14.5 Å². The number of aliphatic hydroxyl groups excluding tert-OH is 1. The number of aromatic hydroxyl groups is 1. The number of alkyl halides is 3. The SMILES string of the molecule is CN(CCNC[C@H](O)c1cc(O)cc2c1OCC(=O)N2)C(=O)CCOCCc1cccc(CN2CCC3(CC2)CN(c2cc(C(F)(F)F)ccn2)CCO3)c1. The molecule has 4 N–H and O–H groups in total. The molecule has 2 fully saturated rings. The van der Waals surface area contributed by atoms with Crippen LogP contribution in [0.4, 0.5) is 24.7 Å². The Hall–Kier alpha value is -4.48. The monoisotopic (exact) mass is 770 g/mol. The number of fused-ring (bicyclic) bond motifs is 1. The molecule has 298 valence electrons. The van der Waals surface area contributed by atoms with Crippen LogP contribution in [0.3, 0.4) is 0 Å². The molecule has 55 heavy (non-hydrogen) atoms. The van der Waals surface area contributed by atoms with Crippen LogP contribution in [-0.4, -0.2) is 122 Å². The summed E-state index contributed by atoms with van der Waals surface area (Å²) in [5.74, 6) is 0.156. The number of aromatic nitrogens is 1. The molecule has 4 heterocycles. The summed E-state index contributed by atoms with van der Waals surface area (Å²) < 4.78 is 57.4. The number of ether oxygens (including phenoxy) is 3. The van der Waals surface area contributed by atoms with Crippen LogP contribution >= 0.6 is 0 Å². The van der Waals surface area contributed by atoms with E-state index in [-0.39, 0.29) is 37.1 Å². The Kier molecular flexibility index (Phi) is 13.1. The number of hydrogen-bond acceptors (Lipinski definition) is 11. The quantitative estimate of drug-likeness (QED) is 0.168. The van der Waals surface area contributed by atoms with E-state index >= 15 is 0 Å². The van der Waals surface area contributed by atoms with E-state index in [2.05, 4.69) is 38.7 Å². The molecule has 0 unspecified atom stereocenters. The lowest BCUT2D eigenvalue weighted by Gasteiger charge is -2.47. The van der Waals surface area contributed by atoms with E-state index in [4.69, 9.17) is 14.2 Å². The van der Waals surface area contributed by atoms with Gasteiger partial charge in [-0.05, 0) is 48.6 Å². The highest BCUT2D eigenvalue weighted by Crippen LogP contribution is 2.39. The number of anilines is 2. The summed E-state index contributed by atoms with van der Waals surface area (Å²) in [6.45, 7) is 5.48. The number of halogens is 3. The third-order valence-electron chi connectivity index (χ3n) is 10.3. The van der Waals surface area contributed by atoms with Crippen molar-refractivity contribution in [2.45, 2.75) is 50.1 Å². The zero-order chi connectivity index (χ0) is 39.0. The van der Waals surface area contributed by atoms with Crippen molar-refractivity contribution in [3.8, 4) is 11.5 Å². The van der Waals surface area contributed by atoms with Crippen LogP contribution in [0, 0.1) is 0 Å². The molecule has 6 rings (SSSR count). The first-order chi connectivity index (χ1) is 26.4. The van der Waals surface area contributed by atoms with Crippen LogP contribution < -0.4 is 20.3 Å². The van der Waals surface area contributed by atoms with Gasteiger partial charge in [-0.15, -0.1) is 0 Å². The van der Waals surface area contributed by atoms with Crippen molar-refractivity contribution in [1.82, 2.24) is 20.1 Å². The van der Waals surface area contributed by atoms with E-state index in [9.17, 15) is 33.0 Å². The number of likely N-dealkylation sites (tertiary alicyclic amines) is 1. The number of likely N-dealkylation sites (N-methyl/N-ethyl adjacent to an activating group) is 1. The normalized spacial score (nSPS) is 17.7. The number of rotatable bonds is 15. The molecule has 3 aromatic rings. The molecule has 2 amide bonds. The lowest BCUT2D eigenvalue weighted by atomic mass is 9.89. The summed E-state index contributed by atoms with van der Waals surface area (Å²) in [5, 5.41) is 26.4. The molecule has 0 bridgehead atoms. The number of carbonyl (C=O) groups excluding carboxylic acids is 2. The maximum Gasteiger partial charge on any atom is 0.416 e. The van der Waals surface area contributed by atoms with E-state index in [1.807, 2.05) is 11.0 Å². The fraction of sp³-hybridized carbons (Fsp3) is 0.513. The smallest absolute Gasteiger partial charge is 0.416 e. The molecular formula is C39H49F3N6O7. The van der Waals surface area contributed by atoms with Gasteiger partial charge in [0.05, 0.1) is 49.2 Å². The Bertz CT molecular complexity index is 1790. The molecule has 3 aliphatic rings. The molecule has 1 spiro atoms. The van der Waals surface area contributed by atoms with Gasteiger partial charge in [0.2, 0.25) is 5.91 Å². The van der Waals surface area contributed by atoms with Gasteiger partial charge in [0, 0.05) is 77.2 Å². The first kappa shape index (κ1) is 40.2. The van der Waals surface area contributed by atoms with Crippen molar-refractivity contribution in [3.05, 3.63) is 77.0 Å². The van der Waals surface area contributed by atoms with Crippen molar-refractivity contribution >= 4 is 23.3 Å². The molecule has 1 atom stereocenters. The largest absolute Gasteiger partial charge is 0.508 e. The second-order valence-corrected chi connectivity index (χ2v) is 14.3. The van der Waals surface area contributed by atoms with Crippen LogP contribution in [0.15, 0.2) is 54.7 Å². The Labute approximate surface area is 318 Å². The number of carbonyl (C=O) groups is 2. The number of nitrogens with one attached hydrogen (secondary N) is 2. The second kappa shape index (κ2) is 18.0. The number of morpholine rings is 1. The van der Waals surface area contributed by atoms with E-state index in [1.54, 1.807) is 11.9 Å². The molecule has 2 saturated heterocycles. The number of piperidine rings is 1. The molecule has 0 radical (unpaired) electrons. The van der Waals surface area contributed by atoms with Gasteiger partial charge in [0.15, 0.2) is 6.61 Å². The van der Waals surface area contributed by atoms with E-state index in [0.29, 0.717) is 75.2 Å². The summed E-state index contributed by atoms with van der Waals surface area (Å²) >= 11 is 0. The Morgan fingerprint density at radius 2 is 1.93 bits per heavy atom. The first-order valence-corrected chi connectivity index (χ1v) is 18.6. The zero-order valence-corrected chi connectivity index (χ0v) is 30.9. The Morgan fingerprint density at radius 3 is 2.73 bits per heavy atom. The van der Waals surface area contributed by atoms with E-state index in [0.717, 1.165) is 50.2 Å². The molecule has 16 heteroatoms. The summed E-state index contributed by atoms with van der Waals surface area (Å²) in [6, 6.07) is 13.3. The number of hydrogen-bond donors (Lipinski definition) is 4. The second-order valence-electron chi connectivity index (χ2n) is 14.3. The van der Waals surface area contributed by atoms with Crippen molar-refractivity contribution in [2.24, 2.45) is 0 Å². The third-order valence-corrected chi connectivity index (χ3v) is 10.3. The van der Waals surface area contributed by atoms with Gasteiger partial charge in [0.1, 0.15) is 17.3 Å². The van der Waals surface area contributed by atoms with Gasteiger partial charge in [-0.1, -0.05) is 24.3 Å². The number of phenolic OH excluding ortho intramolecular Hbond substituents is 1. The molecule has 13 nitrogen and oxygen atoms in total. The highest BCUT2D eigenvalue weighted by molar-refractivity contribution is 5.96. The van der Waals surface area contributed by atoms with Crippen molar-refractivity contribution in [3.63, 3.8) is 0 Å². The Morgan fingerprint density at radius 1 is 1.13 bits per heavy atom. The predicted molar refractivity (Wildman–Crippen MR) is 198 cm³/mol. The minimum atomic E-state index is -4.41. The van der Waals surface area contributed by atoms with Crippen LogP contribution in [0.25, 0.3) is 0 Å². The molecule has 2 aromatic carbocycles. The standard InChI is InChI=1S/C39H49F3N6O7/c1-46(14-11-43-23-33(50)31-21-30(49)22-32-37(31)54-25-35(51)45-32)36(52)7-17-53-16-6-27-3-2-4-28(19-27)24-47-12-8-38(9-13-47)26-48(15-18-55-38)34-20-29(5-10-44-34)39(40,41)42/h2-5,10,19-22,33,43,49-50H,6-9,11-18,23-26H2,1H3,(H,45,51)/t33-/m0/s1. The van der Waals surface area contributed by atoms with Crippen LogP contribution in [0.5, 0.6) is 11.5 Å². The van der Waals surface area contributed by atoms with Crippen molar-refractivity contribution in [2.75, 3.05) is 89.5 Å². The summed E-state index contributed by atoms with van der Waals surface area (Å²) in [5.41, 5.74) is 1.89. The third kappa shape index (κ3) is 10.9. The minimum absolute atomic E-state index is 0.0579. The van der Waals surface area contributed by atoms with Gasteiger partial charge in [-0.25, -0.2) is 4.98 Å². The molecule has 0 aliphatic carbocycles. The highest BCUT2D eigenvalue weighted by atomic mass is 19.4. The topological polar surface area (TPSA) is 149 Å².